The number of aliphatic hydroxyl groups excluding tert-OH is 1. The van der Waals surface area contributed by atoms with Crippen LogP contribution in [0.15, 0.2) is 53.5 Å². The van der Waals surface area contributed by atoms with Crippen molar-refractivity contribution in [3.05, 3.63) is 70.1 Å². The van der Waals surface area contributed by atoms with Crippen LogP contribution >= 0.6 is 0 Å². The normalized spacial score (nSPS) is 12.4. The van der Waals surface area contributed by atoms with Crippen LogP contribution in [0.25, 0.3) is 0 Å². The third-order valence-electron chi connectivity index (χ3n) is 2.82. The Morgan fingerprint density at radius 3 is 2.59 bits per heavy atom. The lowest BCUT2D eigenvalue weighted by Crippen LogP contribution is -2.21. The standard InChI is InChI=1S/C14H15NO2/c1-11-6-2-3-7-12(11)13(16)10-15-9-5-4-8-14(15)17/h2-9,13,16H,10H2,1H3. The summed E-state index contributed by atoms with van der Waals surface area (Å²) in [5, 5.41) is 10.1. The van der Waals surface area contributed by atoms with Crippen LogP contribution in [-0.2, 0) is 6.54 Å². The Labute approximate surface area is 100.0 Å². The van der Waals surface area contributed by atoms with Gasteiger partial charge >= 0.3 is 0 Å². The zero-order valence-electron chi connectivity index (χ0n) is 9.71. The molecule has 0 aliphatic rings. The summed E-state index contributed by atoms with van der Waals surface area (Å²) in [6, 6.07) is 12.6. The fourth-order valence-electron chi connectivity index (χ4n) is 1.86. The van der Waals surface area contributed by atoms with E-state index in [0.717, 1.165) is 11.1 Å². The van der Waals surface area contributed by atoms with Crippen molar-refractivity contribution in [2.75, 3.05) is 0 Å². The van der Waals surface area contributed by atoms with Crippen molar-refractivity contribution in [3.8, 4) is 0 Å². The van der Waals surface area contributed by atoms with Gasteiger partial charge in [0, 0.05) is 12.3 Å². The van der Waals surface area contributed by atoms with Gasteiger partial charge in [0.15, 0.2) is 0 Å². The van der Waals surface area contributed by atoms with Crippen LogP contribution in [0.1, 0.15) is 17.2 Å². The summed E-state index contributed by atoms with van der Waals surface area (Å²) in [4.78, 5) is 11.5. The first-order valence-corrected chi connectivity index (χ1v) is 5.57. The van der Waals surface area contributed by atoms with Gasteiger partial charge in [-0.2, -0.15) is 0 Å². The van der Waals surface area contributed by atoms with E-state index in [-0.39, 0.29) is 12.1 Å². The van der Waals surface area contributed by atoms with Crippen LogP contribution < -0.4 is 5.56 Å². The summed E-state index contributed by atoms with van der Waals surface area (Å²) in [7, 11) is 0. The minimum Gasteiger partial charge on any atom is -0.387 e. The average molecular weight is 229 g/mol. The molecule has 1 atom stereocenters. The summed E-state index contributed by atoms with van der Waals surface area (Å²) >= 11 is 0. The van der Waals surface area contributed by atoms with Crippen molar-refractivity contribution < 1.29 is 5.11 Å². The molecule has 1 unspecified atom stereocenters. The van der Waals surface area contributed by atoms with Crippen LogP contribution in [0.2, 0.25) is 0 Å². The predicted octanol–water partition coefficient (Wildman–Crippen LogP) is 1.89. The fraction of sp³-hybridized carbons (Fsp3) is 0.214. The second kappa shape index (κ2) is 4.97. The number of aromatic nitrogens is 1. The molecule has 3 nitrogen and oxygen atoms in total. The van der Waals surface area contributed by atoms with Crippen molar-refractivity contribution in [3.63, 3.8) is 0 Å². The SMILES string of the molecule is Cc1ccccc1C(O)Cn1ccccc1=O. The van der Waals surface area contributed by atoms with Crippen LogP contribution in [0.3, 0.4) is 0 Å². The van der Waals surface area contributed by atoms with E-state index < -0.39 is 6.10 Å². The summed E-state index contributed by atoms with van der Waals surface area (Å²) in [6.07, 6.45) is 1.03. The molecule has 0 aliphatic heterocycles. The highest BCUT2D eigenvalue weighted by atomic mass is 16.3. The van der Waals surface area contributed by atoms with Gasteiger partial charge in [0.2, 0.25) is 0 Å². The van der Waals surface area contributed by atoms with Gasteiger partial charge in [-0.1, -0.05) is 30.3 Å². The van der Waals surface area contributed by atoms with Gasteiger partial charge in [-0.3, -0.25) is 4.79 Å². The Bertz CT molecular complexity index is 560. The number of rotatable bonds is 3. The van der Waals surface area contributed by atoms with Crippen LogP contribution in [0, 0.1) is 6.92 Å². The number of aryl methyl sites for hydroxylation is 1. The Hall–Kier alpha value is -1.87. The van der Waals surface area contributed by atoms with Gasteiger partial charge in [-0.15, -0.1) is 0 Å². The Kier molecular flexibility index (Phi) is 3.40. The molecule has 0 amide bonds. The minimum atomic E-state index is -0.656. The molecule has 0 fully saturated rings. The van der Waals surface area contributed by atoms with Crippen molar-refractivity contribution in [2.24, 2.45) is 0 Å². The maximum absolute atomic E-state index is 11.5. The molecule has 0 radical (unpaired) electrons. The van der Waals surface area contributed by atoms with Gasteiger partial charge in [-0.05, 0) is 24.1 Å². The maximum atomic E-state index is 11.5. The van der Waals surface area contributed by atoms with Crippen molar-refractivity contribution in [1.82, 2.24) is 4.57 Å². The fourth-order valence-corrected chi connectivity index (χ4v) is 1.86. The third-order valence-corrected chi connectivity index (χ3v) is 2.82. The monoisotopic (exact) mass is 229 g/mol. The van der Waals surface area contributed by atoms with E-state index in [1.807, 2.05) is 31.2 Å². The number of hydrogen-bond acceptors (Lipinski definition) is 2. The quantitative estimate of drug-likeness (QED) is 0.873. The summed E-state index contributed by atoms with van der Waals surface area (Å²) in [6.45, 7) is 2.23. The molecule has 0 saturated heterocycles. The van der Waals surface area contributed by atoms with E-state index in [1.54, 1.807) is 18.3 Å². The molecule has 0 aliphatic carbocycles. The van der Waals surface area contributed by atoms with Crippen molar-refractivity contribution in [1.29, 1.82) is 0 Å². The molecule has 88 valence electrons. The number of hydrogen-bond donors (Lipinski definition) is 1. The lowest BCUT2D eigenvalue weighted by atomic mass is 10.0. The maximum Gasteiger partial charge on any atom is 0.250 e. The van der Waals surface area contributed by atoms with Gasteiger partial charge in [0.25, 0.3) is 5.56 Å². The Morgan fingerprint density at radius 1 is 1.18 bits per heavy atom. The molecule has 0 saturated carbocycles. The van der Waals surface area contributed by atoms with Gasteiger partial charge in [0.1, 0.15) is 0 Å². The number of pyridine rings is 1. The largest absolute Gasteiger partial charge is 0.387 e. The molecule has 2 aromatic rings. The highest BCUT2D eigenvalue weighted by Gasteiger charge is 2.10. The van der Waals surface area contributed by atoms with Crippen LogP contribution in [-0.4, -0.2) is 9.67 Å². The smallest absolute Gasteiger partial charge is 0.250 e. The van der Waals surface area contributed by atoms with E-state index in [2.05, 4.69) is 0 Å². The van der Waals surface area contributed by atoms with Crippen LogP contribution in [0.4, 0.5) is 0 Å². The van der Waals surface area contributed by atoms with Crippen molar-refractivity contribution >= 4 is 0 Å². The molecule has 1 heterocycles. The molecule has 1 N–H and O–H groups in total. The van der Waals surface area contributed by atoms with Gasteiger partial charge < -0.3 is 9.67 Å². The van der Waals surface area contributed by atoms with Gasteiger partial charge in [0.05, 0.1) is 12.6 Å². The molecule has 0 bridgehead atoms. The number of nitrogens with zero attached hydrogens (tertiary/aromatic N) is 1. The highest BCUT2D eigenvalue weighted by Crippen LogP contribution is 2.18. The molecule has 3 heteroatoms. The van der Waals surface area contributed by atoms with E-state index in [9.17, 15) is 9.90 Å². The topological polar surface area (TPSA) is 42.2 Å². The first-order valence-electron chi connectivity index (χ1n) is 5.57. The predicted molar refractivity (Wildman–Crippen MR) is 66.8 cm³/mol. The molecular formula is C14H15NO2. The van der Waals surface area contributed by atoms with Gasteiger partial charge in [-0.25, -0.2) is 0 Å². The highest BCUT2D eigenvalue weighted by molar-refractivity contribution is 5.27. The van der Waals surface area contributed by atoms with E-state index in [0.29, 0.717) is 0 Å². The second-order valence-electron chi connectivity index (χ2n) is 4.06. The summed E-state index contributed by atoms with van der Waals surface area (Å²) < 4.78 is 1.51. The molecule has 2 rings (SSSR count). The lowest BCUT2D eigenvalue weighted by molar-refractivity contribution is 0.154. The average Bonchev–Trinajstić information content (AvgIpc) is 2.32. The molecule has 0 spiro atoms. The Balaban J connectivity index is 2.23. The van der Waals surface area contributed by atoms with E-state index in [1.165, 1.54) is 10.6 Å². The zero-order valence-corrected chi connectivity index (χ0v) is 9.71. The Morgan fingerprint density at radius 2 is 1.88 bits per heavy atom. The first kappa shape index (κ1) is 11.6. The summed E-state index contributed by atoms with van der Waals surface area (Å²) in [5.41, 5.74) is 1.80. The molecular weight excluding hydrogens is 214 g/mol. The number of aliphatic hydroxyl groups is 1. The summed E-state index contributed by atoms with van der Waals surface area (Å²) in [5.74, 6) is 0. The van der Waals surface area contributed by atoms with Crippen LogP contribution in [0.5, 0.6) is 0 Å². The van der Waals surface area contributed by atoms with E-state index >= 15 is 0 Å². The third kappa shape index (κ3) is 2.63. The van der Waals surface area contributed by atoms with Crippen molar-refractivity contribution in [2.45, 2.75) is 19.6 Å². The zero-order chi connectivity index (χ0) is 12.3. The first-order chi connectivity index (χ1) is 8.18. The molecule has 1 aromatic heterocycles. The molecule has 1 aromatic carbocycles. The second-order valence-corrected chi connectivity index (χ2v) is 4.06. The minimum absolute atomic E-state index is 0.0971. The van der Waals surface area contributed by atoms with E-state index in [4.69, 9.17) is 0 Å². The molecule has 17 heavy (non-hydrogen) atoms. The number of benzene rings is 1. The lowest BCUT2D eigenvalue weighted by Gasteiger charge is -2.14.